The van der Waals surface area contributed by atoms with Gasteiger partial charge in [0.05, 0.1) is 6.26 Å². The number of aryl methyl sites for hydroxylation is 1. The Hall–Kier alpha value is -2.63. The molecule has 1 fully saturated rings. The summed E-state index contributed by atoms with van der Waals surface area (Å²) < 4.78 is 5.13. The Morgan fingerprint density at radius 1 is 1.09 bits per heavy atom. The van der Waals surface area contributed by atoms with Gasteiger partial charge in [-0.2, -0.15) is 0 Å². The van der Waals surface area contributed by atoms with Gasteiger partial charge in [0, 0.05) is 44.1 Å². The minimum absolute atomic E-state index is 0.00926. The maximum absolute atomic E-state index is 12.5. The quantitative estimate of drug-likeness (QED) is 0.844. The van der Waals surface area contributed by atoms with Crippen LogP contribution in [0, 0.1) is 6.92 Å². The normalized spacial score (nSPS) is 15.0. The molecule has 1 aliphatic rings. The number of aromatic nitrogens is 1. The van der Waals surface area contributed by atoms with Crippen molar-refractivity contribution in [1.82, 2.24) is 14.8 Å². The second-order valence-corrected chi connectivity index (χ2v) is 5.25. The molecule has 0 unspecified atom stereocenters. The number of carbonyl (C=O) groups is 2. The van der Waals surface area contributed by atoms with Gasteiger partial charge in [-0.15, -0.1) is 0 Å². The summed E-state index contributed by atoms with van der Waals surface area (Å²) in [5, 5.41) is 0. The minimum atomic E-state index is -0.128. The van der Waals surface area contributed by atoms with Gasteiger partial charge in [0.25, 0.3) is 11.8 Å². The molecule has 0 N–H and O–H groups in total. The summed E-state index contributed by atoms with van der Waals surface area (Å²) in [5.41, 5.74) is 1.53. The molecule has 0 aromatic carbocycles. The standard InChI is InChI=1S/C16H17N3O3/c1-12-11-17-5-4-13(12)15(20)18-6-8-19(9-7-18)16(21)14-3-2-10-22-14/h2-5,10-11H,6-9H2,1H3. The van der Waals surface area contributed by atoms with Crippen molar-refractivity contribution in [3.05, 3.63) is 53.7 Å². The molecule has 2 aromatic rings. The first-order chi connectivity index (χ1) is 10.7. The molecule has 6 nitrogen and oxygen atoms in total. The first kappa shape index (κ1) is 14.3. The zero-order valence-corrected chi connectivity index (χ0v) is 12.4. The van der Waals surface area contributed by atoms with E-state index < -0.39 is 0 Å². The second kappa shape index (κ2) is 6.01. The highest BCUT2D eigenvalue weighted by atomic mass is 16.3. The zero-order chi connectivity index (χ0) is 15.5. The number of carbonyl (C=O) groups excluding carboxylic acids is 2. The Bertz CT molecular complexity index is 674. The molecule has 22 heavy (non-hydrogen) atoms. The molecule has 1 aliphatic heterocycles. The predicted octanol–water partition coefficient (Wildman–Crippen LogP) is 1.58. The fourth-order valence-corrected chi connectivity index (χ4v) is 2.55. The van der Waals surface area contributed by atoms with Crippen molar-refractivity contribution in [2.24, 2.45) is 0 Å². The lowest BCUT2D eigenvalue weighted by Gasteiger charge is -2.34. The van der Waals surface area contributed by atoms with Crippen molar-refractivity contribution in [3.8, 4) is 0 Å². The Morgan fingerprint density at radius 3 is 2.36 bits per heavy atom. The van der Waals surface area contributed by atoms with Crippen molar-refractivity contribution in [2.45, 2.75) is 6.92 Å². The lowest BCUT2D eigenvalue weighted by Crippen LogP contribution is -2.50. The SMILES string of the molecule is Cc1cnccc1C(=O)N1CCN(C(=O)c2ccco2)CC1. The molecular weight excluding hydrogens is 282 g/mol. The third kappa shape index (κ3) is 2.72. The number of piperazine rings is 1. The van der Waals surface area contributed by atoms with Crippen LogP contribution in [0.4, 0.5) is 0 Å². The smallest absolute Gasteiger partial charge is 0.289 e. The molecule has 1 saturated heterocycles. The lowest BCUT2D eigenvalue weighted by atomic mass is 10.1. The molecule has 114 valence electrons. The fraction of sp³-hybridized carbons (Fsp3) is 0.312. The van der Waals surface area contributed by atoms with E-state index in [1.165, 1.54) is 6.26 Å². The summed E-state index contributed by atoms with van der Waals surface area (Å²) in [5.74, 6) is 0.201. The van der Waals surface area contributed by atoms with Crippen molar-refractivity contribution in [2.75, 3.05) is 26.2 Å². The largest absolute Gasteiger partial charge is 0.459 e. The van der Waals surface area contributed by atoms with Crippen LogP contribution < -0.4 is 0 Å². The highest BCUT2D eigenvalue weighted by Gasteiger charge is 2.27. The molecule has 0 saturated carbocycles. The predicted molar refractivity (Wildman–Crippen MR) is 79.5 cm³/mol. The van der Waals surface area contributed by atoms with Gasteiger partial charge in [0.15, 0.2) is 5.76 Å². The van der Waals surface area contributed by atoms with Crippen LogP contribution in [0.25, 0.3) is 0 Å². The number of pyridine rings is 1. The summed E-state index contributed by atoms with van der Waals surface area (Å²) in [4.78, 5) is 32.2. The first-order valence-electron chi connectivity index (χ1n) is 7.19. The lowest BCUT2D eigenvalue weighted by molar-refractivity contribution is 0.0517. The van der Waals surface area contributed by atoms with Gasteiger partial charge in [-0.3, -0.25) is 14.6 Å². The van der Waals surface area contributed by atoms with E-state index in [2.05, 4.69) is 4.98 Å². The number of amides is 2. The van der Waals surface area contributed by atoms with E-state index in [9.17, 15) is 9.59 Å². The Morgan fingerprint density at radius 2 is 1.77 bits per heavy atom. The Balaban J connectivity index is 1.63. The molecule has 2 amide bonds. The maximum Gasteiger partial charge on any atom is 0.289 e. The number of hydrogen-bond donors (Lipinski definition) is 0. The zero-order valence-electron chi connectivity index (χ0n) is 12.4. The van der Waals surface area contributed by atoms with Crippen LogP contribution in [-0.4, -0.2) is 52.8 Å². The molecular formula is C16H17N3O3. The second-order valence-electron chi connectivity index (χ2n) is 5.25. The number of rotatable bonds is 2. The van der Waals surface area contributed by atoms with Gasteiger partial charge in [-0.1, -0.05) is 0 Å². The third-order valence-electron chi connectivity index (χ3n) is 3.84. The summed E-state index contributed by atoms with van der Waals surface area (Å²) in [7, 11) is 0. The molecule has 2 aromatic heterocycles. The molecule has 0 atom stereocenters. The van der Waals surface area contributed by atoms with Crippen LogP contribution in [0.3, 0.4) is 0 Å². The molecule has 0 spiro atoms. The molecule has 0 radical (unpaired) electrons. The molecule has 6 heteroatoms. The van der Waals surface area contributed by atoms with E-state index in [1.807, 2.05) is 6.92 Å². The molecule has 3 rings (SSSR count). The maximum atomic E-state index is 12.5. The van der Waals surface area contributed by atoms with Gasteiger partial charge in [-0.25, -0.2) is 0 Å². The van der Waals surface area contributed by atoms with E-state index in [4.69, 9.17) is 4.42 Å². The Labute approximate surface area is 128 Å². The highest BCUT2D eigenvalue weighted by molar-refractivity contribution is 5.96. The first-order valence-corrected chi connectivity index (χ1v) is 7.19. The number of hydrogen-bond acceptors (Lipinski definition) is 4. The molecule has 0 aliphatic carbocycles. The van der Waals surface area contributed by atoms with E-state index in [0.717, 1.165) is 5.56 Å². The van der Waals surface area contributed by atoms with Gasteiger partial charge < -0.3 is 14.2 Å². The van der Waals surface area contributed by atoms with Crippen molar-refractivity contribution < 1.29 is 14.0 Å². The minimum Gasteiger partial charge on any atom is -0.459 e. The summed E-state index contributed by atoms with van der Waals surface area (Å²) >= 11 is 0. The van der Waals surface area contributed by atoms with Gasteiger partial charge in [-0.05, 0) is 30.7 Å². The number of nitrogens with zero attached hydrogens (tertiary/aromatic N) is 3. The summed E-state index contributed by atoms with van der Waals surface area (Å²) in [6, 6.07) is 5.08. The average molecular weight is 299 g/mol. The van der Waals surface area contributed by atoms with Crippen LogP contribution in [-0.2, 0) is 0 Å². The fourth-order valence-electron chi connectivity index (χ4n) is 2.55. The average Bonchev–Trinajstić information content (AvgIpc) is 3.09. The monoisotopic (exact) mass is 299 g/mol. The van der Waals surface area contributed by atoms with Crippen LogP contribution in [0.1, 0.15) is 26.5 Å². The van der Waals surface area contributed by atoms with Gasteiger partial charge >= 0.3 is 0 Å². The highest BCUT2D eigenvalue weighted by Crippen LogP contribution is 2.13. The van der Waals surface area contributed by atoms with Gasteiger partial charge in [0.1, 0.15) is 0 Å². The van der Waals surface area contributed by atoms with Crippen LogP contribution in [0.5, 0.6) is 0 Å². The topological polar surface area (TPSA) is 66.7 Å². The van der Waals surface area contributed by atoms with Crippen molar-refractivity contribution >= 4 is 11.8 Å². The third-order valence-corrected chi connectivity index (χ3v) is 3.84. The number of furan rings is 1. The van der Waals surface area contributed by atoms with Crippen molar-refractivity contribution in [3.63, 3.8) is 0 Å². The summed E-state index contributed by atoms with van der Waals surface area (Å²) in [6.45, 7) is 3.93. The van der Waals surface area contributed by atoms with E-state index in [1.54, 1.807) is 40.4 Å². The van der Waals surface area contributed by atoms with Crippen LogP contribution in [0.15, 0.2) is 41.3 Å². The van der Waals surface area contributed by atoms with Gasteiger partial charge in [0.2, 0.25) is 0 Å². The van der Waals surface area contributed by atoms with E-state index >= 15 is 0 Å². The molecule has 0 bridgehead atoms. The van der Waals surface area contributed by atoms with Crippen LogP contribution >= 0.6 is 0 Å². The summed E-state index contributed by atoms with van der Waals surface area (Å²) in [6.07, 6.45) is 4.79. The van der Waals surface area contributed by atoms with E-state index in [0.29, 0.717) is 37.5 Å². The molecule has 3 heterocycles. The Kier molecular flexibility index (Phi) is 3.91. The van der Waals surface area contributed by atoms with Crippen molar-refractivity contribution in [1.29, 1.82) is 0 Å². The van der Waals surface area contributed by atoms with E-state index in [-0.39, 0.29) is 11.8 Å². The van der Waals surface area contributed by atoms with Crippen LogP contribution in [0.2, 0.25) is 0 Å².